The van der Waals surface area contributed by atoms with E-state index in [2.05, 4.69) is 0 Å². The smallest absolute Gasteiger partial charge is 1.00 e. The molecule has 0 atom stereocenters. The first-order valence-electron chi connectivity index (χ1n) is 7.07. The van der Waals surface area contributed by atoms with Crippen LogP contribution in [0.1, 0.15) is 1.43 Å². The standard InChI is InChI=1S/C18H15O4P.K.H/c19-23(20-16-10-4-1-5-11-16,21-17-12-6-2-7-13-17)22-18-14-8-3-9-15-18;;/h1-15H;;/q;+1;-1. The predicted octanol–water partition coefficient (Wildman–Crippen LogP) is 2.45. The second kappa shape index (κ2) is 9.42. The SMILES string of the molecule is O=P(Oc1ccccc1)(Oc1ccccc1)Oc1ccccc1.[H-].[K+]. The van der Waals surface area contributed by atoms with Crippen molar-refractivity contribution in [2.75, 3.05) is 0 Å². The number of phosphoric acid groups is 1. The molecule has 0 saturated carbocycles. The molecule has 0 aromatic heterocycles. The van der Waals surface area contributed by atoms with E-state index in [0.29, 0.717) is 17.2 Å². The molecule has 0 unspecified atom stereocenters. The molecule has 0 fully saturated rings. The summed E-state index contributed by atoms with van der Waals surface area (Å²) in [7, 11) is -3.89. The number of hydrogen-bond donors (Lipinski definition) is 0. The minimum Gasteiger partial charge on any atom is -1.00 e. The van der Waals surface area contributed by atoms with Crippen molar-refractivity contribution in [2.24, 2.45) is 0 Å². The first-order chi connectivity index (χ1) is 11.2. The van der Waals surface area contributed by atoms with Crippen LogP contribution >= 0.6 is 7.82 Å². The van der Waals surface area contributed by atoms with Crippen LogP contribution in [0, 0.1) is 0 Å². The zero-order valence-corrected chi connectivity index (χ0v) is 17.3. The van der Waals surface area contributed by atoms with E-state index in [0.717, 1.165) is 0 Å². The van der Waals surface area contributed by atoms with E-state index >= 15 is 0 Å². The maximum atomic E-state index is 13.1. The van der Waals surface area contributed by atoms with Crippen molar-refractivity contribution in [3.63, 3.8) is 0 Å². The third-order valence-corrected chi connectivity index (χ3v) is 4.18. The number of benzene rings is 3. The van der Waals surface area contributed by atoms with Gasteiger partial charge in [0.1, 0.15) is 17.2 Å². The molecule has 118 valence electrons. The van der Waals surface area contributed by atoms with E-state index in [-0.39, 0.29) is 52.8 Å². The minimum absolute atomic E-state index is 0. The van der Waals surface area contributed by atoms with Gasteiger partial charge in [-0.2, -0.15) is 4.57 Å². The Hall–Kier alpha value is -1.07. The van der Waals surface area contributed by atoms with Crippen molar-refractivity contribution < 1.29 is 70.9 Å². The van der Waals surface area contributed by atoms with Crippen LogP contribution in [0.15, 0.2) is 91.0 Å². The molecule has 0 heterocycles. The van der Waals surface area contributed by atoms with Gasteiger partial charge >= 0.3 is 59.2 Å². The third-order valence-electron chi connectivity index (χ3n) is 2.88. The Balaban J connectivity index is 0.00000156. The van der Waals surface area contributed by atoms with Gasteiger partial charge in [0.2, 0.25) is 0 Å². The summed E-state index contributed by atoms with van der Waals surface area (Å²) in [6, 6.07) is 26.4. The van der Waals surface area contributed by atoms with Crippen LogP contribution in [0.3, 0.4) is 0 Å². The zero-order chi connectivity index (χ0) is 16.0. The maximum absolute atomic E-state index is 13.1. The Labute approximate surface area is 185 Å². The number of rotatable bonds is 6. The predicted molar refractivity (Wildman–Crippen MR) is 89.9 cm³/mol. The van der Waals surface area contributed by atoms with Crippen molar-refractivity contribution in [3.8, 4) is 17.2 Å². The largest absolute Gasteiger partial charge is 1.00 e. The summed E-state index contributed by atoms with van der Waals surface area (Å²) in [4.78, 5) is 0. The normalized spacial score (nSPS) is 10.3. The van der Waals surface area contributed by atoms with Crippen molar-refractivity contribution >= 4 is 7.82 Å². The van der Waals surface area contributed by atoms with Crippen LogP contribution in [-0.2, 0) is 4.57 Å². The summed E-state index contributed by atoms with van der Waals surface area (Å²) in [5.74, 6) is 1.22. The molecular weight excluding hydrogens is 350 g/mol. The maximum Gasteiger partial charge on any atom is 1.00 e. The average molecular weight is 366 g/mol. The van der Waals surface area contributed by atoms with E-state index in [4.69, 9.17) is 13.6 Å². The van der Waals surface area contributed by atoms with Crippen molar-refractivity contribution in [1.82, 2.24) is 0 Å². The molecule has 0 spiro atoms. The summed E-state index contributed by atoms with van der Waals surface area (Å²) in [6.45, 7) is 0. The molecule has 0 aliphatic rings. The summed E-state index contributed by atoms with van der Waals surface area (Å²) in [6.07, 6.45) is 0. The van der Waals surface area contributed by atoms with Crippen LogP contribution < -0.4 is 65.0 Å². The van der Waals surface area contributed by atoms with Gasteiger partial charge in [-0.1, -0.05) is 54.6 Å². The van der Waals surface area contributed by atoms with Gasteiger partial charge in [-0.3, -0.25) is 0 Å². The molecular formula is C18H16KO4P. The number of phosphoric ester groups is 1. The van der Waals surface area contributed by atoms with Gasteiger partial charge in [-0.05, 0) is 36.4 Å². The molecule has 0 saturated heterocycles. The Morgan fingerprint density at radius 1 is 0.542 bits per heavy atom. The molecule has 0 radical (unpaired) electrons. The van der Waals surface area contributed by atoms with Gasteiger partial charge < -0.3 is 15.0 Å². The third kappa shape index (κ3) is 5.78. The molecule has 4 nitrogen and oxygen atoms in total. The molecule has 0 aliphatic heterocycles. The number of para-hydroxylation sites is 3. The Kier molecular flexibility index (Phi) is 7.56. The monoisotopic (exact) mass is 366 g/mol. The number of hydrogen-bond acceptors (Lipinski definition) is 4. The van der Waals surface area contributed by atoms with E-state index in [1.807, 2.05) is 18.2 Å². The van der Waals surface area contributed by atoms with Gasteiger partial charge in [0, 0.05) is 0 Å². The summed E-state index contributed by atoms with van der Waals surface area (Å²) in [5, 5.41) is 0. The van der Waals surface area contributed by atoms with Crippen LogP contribution in [0.2, 0.25) is 0 Å². The molecule has 3 aromatic carbocycles. The van der Waals surface area contributed by atoms with Gasteiger partial charge in [-0.25, -0.2) is 0 Å². The van der Waals surface area contributed by atoms with Crippen LogP contribution in [0.4, 0.5) is 0 Å². The van der Waals surface area contributed by atoms with Crippen molar-refractivity contribution in [2.45, 2.75) is 0 Å². The molecule has 3 rings (SSSR count). The van der Waals surface area contributed by atoms with Gasteiger partial charge in [0.05, 0.1) is 0 Å². The second-order valence-electron chi connectivity index (χ2n) is 4.66. The van der Waals surface area contributed by atoms with Gasteiger partial charge in [0.25, 0.3) is 0 Å². The zero-order valence-electron chi connectivity index (χ0n) is 14.2. The van der Waals surface area contributed by atoms with Crippen LogP contribution in [-0.4, -0.2) is 0 Å². The topological polar surface area (TPSA) is 44.8 Å². The van der Waals surface area contributed by atoms with E-state index < -0.39 is 7.82 Å². The summed E-state index contributed by atoms with van der Waals surface area (Å²) < 4.78 is 29.6. The molecule has 0 aliphatic carbocycles. The average Bonchev–Trinajstić information content (AvgIpc) is 2.57. The molecule has 0 amide bonds. The Morgan fingerprint density at radius 2 is 0.792 bits per heavy atom. The van der Waals surface area contributed by atoms with Crippen molar-refractivity contribution in [1.29, 1.82) is 0 Å². The second-order valence-corrected chi connectivity index (χ2v) is 6.10. The van der Waals surface area contributed by atoms with E-state index in [1.54, 1.807) is 72.8 Å². The van der Waals surface area contributed by atoms with Gasteiger partial charge in [0.15, 0.2) is 0 Å². The summed E-state index contributed by atoms with van der Waals surface area (Å²) >= 11 is 0. The molecule has 6 heteroatoms. The van der Waals surface area contributed by atoms with Crippen LogP contribution in [0.5, 0.6) is 17.2 Å². The molecule has 3 aromatic rings. The first-order valence-corrected chi connectivity index (χ1v) is 8.54. The van der Waals surface area contributed by atoms with E-state index in [9.17, 15) is 4.57 Å². The molecule has 0 N–H and O–H groups in total. The fourth-order valence-electron chi connectivity index (χ4n) is 1.89. The van der Waals surface area contributed by atoms with Gasteiger partial charge in [-0.15, -0.1) is 0 Å². The van der Waals surface area contributed by atoms with Crippen LogP contribution in [0.25, 0.3) is 0 Å². The Bertz CT molecular complexity index is 680. The fraction of sp³-hybridized carbons (Fsp3) is 0. The summed E-state index contributed by atoms with van der Waals surface area (Å²) in [5.41, 5.74) is 0. The van der Waals surface area contributed by atoms with Crippen molar-refractivity contribution in [3.05, 3.63) is 91.0 Å². The Morgan fingerprint density at radius 3 is 1.04 bits per heavy atom. The fourth-order valence-corrected chi connectivity index (χ4v) is 3.14. The molecule has 0 bridgehead atoms. The first kappa shape index (κ1) is 19.3. The molecule has 24 heavy (non-hydrogen) atoms. The van der Waals surface area contributed by atoms with E-state index in [1.165, 1.54) is 0 Å². The quantitative estimate of drug-likeness (QED) is 0.497. The minimum atomic E-state index is -3.89.